The van der Waals surface area contributed by atoms with Crippen molar-refractivity contribution in [1.82, 2.24) is 0 Å². The molecule has 2 aromatic carbocycles. The van der Waals surface area contributed by atoms with Crippen LogP contribution < -0.4 is 19.8 Å². The average Bonchev–Trinajstić information content (AvgIpc) is 2.67. The summed E-state index contributed by atoms with van der Waals surface area (Å²) in [5.41, 5.74) is 0.187. The molecule has 1 aliphatic rings. The smallest absolute Gasteiger partial charge is 0.336 e. The summed E-state index contributed by atoms with van der Waals surface area (Å²) in [7, 11) is 1.41. The second-order valence-corrected chi connectivity index (χ2v) is 6.04. The number of hydrogen-bond acceptors (Lipinski definition) is 8. The Kier molecular flexibility index (Phi) is 4.04. The number of benzene rings is 2. The molecule has 4 rings (SSSR count). The zero-order valence-electron chi connectivity index (χ0n) is 14.2. The molecular formula is C19H16O8. The van der Waals surface area contributed by atoms with Gasteiger partial charge in [-0.15, -0.1) is 0 Å². The van der Waals surface area contributed by atoms with Crippen molar-refractivity contribution < 1.29 is 33.9 Å². The topological polar surface area (TPSA) is 119 Å². The number of phenols is 2. The highest BCUT2D eigenvalue weighted by Gasteiger charge is 2.36. The molecule has 8 heteroatoms. The number of aliphatic hydroxyl groups excluding tert-OH is 1. The Morgan fingerprint density at radius 1 is 1.07 bits per heavy atom. The number of aromatic hydroxyl groups is 2. The van der Waals surface area contributed by atoms with Gasteiger partial charge in [0.2, 0.25) is 11.5 Å². The molecule has 0 bridgehead atoms. The molecule has 0 spiro atoms. The van der Waals surface area contributed by atoms with Gasteiger partial charge >= 0.3 is 5.63 Å². The molecule has 0 saturated carbocycles. The molecule has 0 saturated heterocycles. The van der Waals surface area contributed by atoms with E-state index in [4.69, 9.17) is 18.6 Å². The summed E-state index contributed by atoms with van der Waals surface area (Å²) < 4.78 is 22.5. The van der Waals surface area contributed by atoms with Gasteiger partial charge in [0.25, 0.3) is 0 Å². The Morgan fingerprint density at radius 3 is 2.59 bits per heavy atom. The van der Waals surface area contributed by atoms with Crippen molar-refractivity contribution in [3.8, 4) is 28.7 Å². The highest BCUT2D eigenvalue weighted by Crippen LogP contribution is 2.49. The van der Waals surface area contributed by atoms with Crippen LogP contribution in [0.4, 0.5) is 0 Å². The molecule has 2 heterocycles. The molecule has 1 aromatic heterocycles. The Labute approximate surface area is 152 Å². The van der Waals surface area contributed by atoms with E-state index in [1.165, 1.54) is 25.3 Å². The fraction of sp³-hybridized carbons (Fsp3) is 0.211. The minimum absolute atomic E-state index is 0.186. The highest BCUT2D eigenvalue weighted by molar-refractivity contribution is 5.88. The number of ether oxygens (including phenoxy) is 3. The third-order valence-electron chi connectivity index (χ3n) is 4.36. The number of hydrogen-bond donors (Lipinski definition) is 3. The molecular weight excluding hydrogens is 356 g/mol. The Balaban J connectivity index is 1.86. The maximum Gasteiger partial charge on any atom is 0.336 e. The van der Waals surface area contributed by atoms with Crippen molar-refractivity contribution in [3.63, 3.8) is 0 Å². The monoisotopic (exact) mass is 372 g/mol. The molecule has 140 valence electrons. The van der Waals surface area contributed by atoms with E-state index in [9.17, 15) is 20.1 Å². The Bertz CT molecular complexity index is 1070. The highest BCUT2D eigenvalue weighted by atomic mass is 16.6. The van der Waals surface area contributed by atoms with Crippen molar-refractivity contribution in [1.29, 1.82) is 0 Å². The number of methoxy groups -OCH3 is 1. The second kappa shape index (κ2) is 6.40. The van der Waals surface area contributed by atoms with E-state index in [0.29, 0.717) is 16.7 Å². The molecule has 3 aromatic rings. The van der Waals surface area contributed by atoms with Crippen molar-refractivity contribution >= 4 is 11.0 Å². The molecule has 3 N–H and O–H groups in total. The minimum Gasteiger partial charge on any atom is -0.504 e. The van der Waals surface area contributed by atoms with E-state index in [1.54, 1.807) is 18.2 Å². The molecule has 0 aliphatic carbocycles. The van der Waals surface area contributed by atoms with E-state index in [-0.39, 0.29) is 35.2 Å². The van der Waals surface area contributed by atoms with Gasteiger partial charge in [0.15, 0.2) is 35.0 Å². The minimum atomic E-state index is -0.816. The third-order valence-corrected chi connectivity index (χ3v) is 4.36. The van der Waals surface area contributed by atoms with Gasteiger partial charge in [0, 0.05) is 17.0 Å². The molecule has 2 atom stereocenters. The van der Waals surface area contributed by atoms with Crippen LogP contribution in [0.2, 0.25) is 0 Å². The molecule has 27 heavy (non-hydrogen) atoms. The molecule has 0 radical (unpaired) electrons. The predicted octanol–water partition coefficient (Wildman–Crippen LogP) is 2.09. The van der Waals surface area contributed by atoms with Gasteiger partial charge in [-0.2, -0.15) is 0 Å². The maximum absolute atomic E-state index is 11.6. The lowest BCUT2D eigenvalue weighted by Crippen LogP contribution is -2.36. The number of rotatable bonds is 3. The van der Waals surface area contributed by atoms with Crippen molar-refractivity contribution in [2.75, 3.05) is 13.7 Å². The lowest BCUT2D eigenvalue weighted by molar-refractivity contribution is -0.0140. The molecule has 0 fully saturated rings. The summed E-state index contributed by atoms with van der Waals surface area (Å²) in [4.78, 5) is 11.6. The predicted molar refractivity (Wildman–Crippen MR) is 93.7 cm³/mol. The summed E-state index contributed by atoms with van der Waals surface area (Å²) in [6.07, 6.45) is -1.56. The maximum atomic E-state index is 11.6. The van der Waals surface area contributed by atoms with Gasteiger partial charge in [0.1, 0.15) is 0 Å². The van der Waals surface area contributed by atoms with Crippen LogP contribution in [-0.2, 0) is 0 Å². The normalized spacial score (nSPS) is 18.4. The van der Waals surface area contributed by atoms with Crippen molar-refractivity contribution in [2.24, 2.45) is 0 Å². The van der Waals surface area contributed by atoms with E-state index in [2.05, 4.69) is 0 Å². The average molecular weight is 372 g/mol. The van der Waals surface area contributed by atoms with Gasteiger partial charge in [-0.1, -0.05) is 6.07 Å². The van der Waals surface area contributed by atoms with Gasteiger partial charge < -0.3 is 33.9 Å². The Hall–Kier alpha value is -3.39. The largest absolute Gasteiger partial charge is 0.504 e. The van der Waals surface area contributed by atoms with Crippen LogP contribution in [0.15, 0.2) is 45.6 Å². The quantitative estimate of drug-likeness (QED) is 0.472. The standard InChI is InChI=1S/C19H16O8/c1-24-19-17-10(3-5-15(23)27-17)7-13-18(19)26-14(8-20)16(25-13)9-2-4-11(21)12(22)6-9/h2-7,14,16,20-22H,8H2,1H3/t14-,16-/m0/s1. The number of fused-ring (bicyclic) bond motifs is 2. The Morgan fingerprint density at radius 2 is 1.89 bits per heavy atom. The summed E-state index contributed by atoms with van der Waals surface area (Å²) in [5, 5.41) is 29.6. The van der Waals surface area contributed by atoms with Gasteiger partial charge in [-0.05, 0) is 24.3 Å². The first-order valence-electron chi connectivity index (χ1n) is 8.12. The second-order valence-electron chi connectivity index (χ2n) is 6.04. The number of aliphatic hydroxyl groups is 1. The van der Waals surface area contributed by atoms with Gasteiger partial charge in [0.05, 0.1) is 13.7 Å². The fourth-order valence-electron chi connectivity index (χ4n) is 3.08. The molecule has 0 amide bonds. The van der Waals surface area contributed by atoms with Crippen LogP contribution in [0.25, 0.3) is 11.0 Å². The van der Waals surface area contributed by atoms with Crippen LogP contribution in [-0.4, -0.2) is 35.1 Å². The van der Waals surface area contributed by atoms with Crippen LogP contribution in [0.3, 0.4) is 0 Å². The van der Waals surface area contributed by atoms with E-state index in [0.717, 1.165) is 0 Å². The summed E-state index contributed by atoms with van der Waals surface area (Å²) in [6, 6.07) is 8.73. The fourth-order valence-corrected chi connectivity index (χ4v) is 3.08. The summed E-state index contributed by atoms with van der Waals surface area (Å²) in [6.45, 7) is -0.383. The molecule has 8 nitrogen and oxygen atoms in total. The third kappa shape index (κ3) is 2.80. The van der Waals surface area contributed by atoms with Crippen molar-refractivity contribution in [3.05, 3.63) is 52.4 Å². The first-order valence-corrected chi connectivity index (χ1v) is 8.12. The summed E-state index contributed by atoms with van der Waals surface area (Å²) >= 11 is 0. The zero-order valence-corrected chi connectivity index (χ0v) is 14.2. The number of phenolic OH excluding ortho intramolecular Hbond substituents is 2. The first-order chi connectivity index (χ1) is 13.0. The SMILES string of the molecule is COc1c2c(cc3ccc(=O)oc13)O[C@@H](c1ccc(O)c(O)c1)[C@H](CO)O2. The van der Waals surface area contributed by atoms with Gasteiger partial charge in [-0.25, -0.2) is 4.79 Å². The summed E-state index contributed by atoms with van der Waals surface area (Å²) in [5.74, 6) is 0.148. The van der Waals surface area contributed by atoms with E-state index < -0.39 is 17.8 Å². The zero-order chi connectivity index (χ0) is 19.1. The van der Waals surface area contributed by atoms with Crippen LogP contribution >= 0.6 is 0 Å². The van der Waals surface area contributed by atoms with Gasteiger partial charge in [-0.3, -0.25) is 0 Å². The first kappa shape index (κ1) is 17.0. The lowest BCUT2D eigenvalue weighted by Gasteiger charge is -2.34. The molecule has 0 unspecified atom stereocenters. The van der Waals surface area contributed by atoms with E-state index >= 15 is 0 Å². The molecule has 1 aliphatic heterocycles. The van der Waals surface area contributed by atoms with Crippen molar-refractivity contribution in [2.45, 2.75) is 12.2 Å². The lowest BCUT2D eigenvalue weighted by atomic mass is 10.0. The van der Waals surface area contributed by atoms with Crippen LogP contribution in [0.1, 0.15) is 11.7 Å². The van der Waals surface area contributed by atoms with Crippen LogP contribution in [0.5, 0.6) is 28.7 Å². The van der Waals surface area contributed by atoms with Crippen LogP contribution in [0, 0.1) is 0 Å². The van der Waals surface area contributed by atoms with E-state index in [1.807, 2.05) is 0 Å².